The molecule has 0 spiro atoms. The number of rotatable bonds is 2. The SMILES string of the molecule is CC(C)(N)c1nc(C2CCCCS2)no1. The lowest BCUT2D eigenvalue weighted by atomic mass is 10.1. The number of thioether (sulfide) groups is 1. The van der Waals surface area contributed by atoms with Crippen molar-refractivity contribution < 1.29 is 4.52 Å². The van der Waals surface area contributed by atoms with Gasteiger partial charge in [-0.05, 0) is 32.4 Å². The average molecular weight is 227 g/mol. The maximum atomic E-state index is 5.90. The van der Waals surface area contributed by atoms with Gasteiger partial charge in [-0.3, -0.25) is 0 Å². The molecule has 2 N–H and O–H groups in total. The summed E-state index contributed by atoms with van der Waals surface area (Å²) in [4.78, 5) is 4.38. The molecule has 5 heteroatoms. The highest BCUT2D eigenvalue weighted by molar-refractivity contribution is 7.99. The quantitative estimate of drug-likeness (QED) is 0.839. The molecule has 0 amide bonds. The van der Waals surface area contributed by atoms with E-state index < -0.39 is 5.54 Å². The highest BCUT2D eigenvalue weighted by Gasteiger charge is 2.26. The van der Waals surface area contributed by atoms with Gasteiger partial charge in [0.25, 0.3) is 0 Å². The number of nitrogens with zero attached hydrogens (tertiary/aromatic N) is 2. The predicted octanol–water partition coefficient (Wildman–Crippen LogP) is 2.22. The zero-order valence-corrected chi connectivity index (χ0v) is 10.0. The van der Waals surface area contributed by atoms with Crippen molar-refractivity contribution in [2.45, 2.75) is 43.9 Å². The van der Waals surface area contributed by atoms with Crippen LogP contribution in [-0.2, 0) is 5.54 Å². The Labute approximate surface area is 94.0 Å². The Balaban J connectivity index is 2.12. The minimum absolute atomic E-state index is 0.401. The van der Waals surface area contributed by atoms with E-state index in [0.29, 0.717) is 11.1 Å². The molecule has 0 radical (unpaired) electrons. The van der Waals surface area contributed by atoms with Crippen molar-refractivity contribution in [1.29, 1.82) is 0 Å². The molecule has 1 saturated heterocycles. The maximum absolute atomic E-state index is 5.90. The van der Waals surface area contributed by atoms with Crippen molar-refractivity contribution >= 4 is 11.8 Å². The molecule has 0 aliphatic carbocycles. The second kappa shape index (κ2) is 4.14. The van der Waals surface area contributed by atoms with E-state index in [1.807, 2.05) is 25.6 Å². The van der Waals surface area contributed by atoms with Crippen LogP contribution in [0.1, 0.15) is 50.1 Å². The van der Waals surface area contributed by atoms with Gasteiger partial charge in [-0.25, -0.2) is 0 Å². The second-order valence-corrected chi connectivity index (χ2v) is 5.85. The third kappa shape index (κ3) is 2.52. The summed E-state index contributed by atoms with van der Waals surface area (Å²) in [5.74, 6) is 2.54. The fourth-order valence-corrected chi connectivity index (χ4v) is 2.81. The summed E-state index contributed by atoms with van der Waals surface area (Å²) >= 11 is 1.91. The predicted molar refractivity (Wildman–Crippen MR) is 60.6 cm³/mol. The van der Waals surface area contributed by atoms with Gasteiger partial charge in [0, 0.05) is 0 Å². The van der Waals surface area contributed by atoms with Gasteiger partial charge in [0.15, 0.2) is 5.82 Å². The Kier molecular flexibility index (Phi) is 3.02. The van der Waals surface area contributed by atoms with E-state index >= 15 is 0 Å². The first kappa shape index (κ1) is 11.0. The maximum Gasteiger partial charge on any atom is 0.246 e. The molecule has 1 unspecified atom stereocenters. The smallest absolute Gasteiger partial charge is 0.246 e. The lowest BCUT2D eigenvalue weighted by Crippen LogP contribution is -2.29. The Morgan fingerprint density at radius 3 is 2.80 bits per heavy atom. The Morgan fingerprint density at radius 2 is 2.27 bits per heavy atom. The molecular weight excluding hydrogens is 210 g/mol. The Morgan fingerprint density at radius 1 is 1.47 bits per heavy atom. The van der Waals surface area contributed by atoms with Gasteiger partial charge in [-0.1, -0.05) is 11.6 Å². The zero-order chi connectivity index (χ0) is 10.9. The van der Waals surface area contributed by atoms with Gasteiger partial charge in [-0.2, -0.15) is 16.7 Å². The van der Waals surface area contributed by atoms with Crippen LogP contribution >= 0.6 is 11.8 Å². The van der Waals surface area contributed by atoms with Gasteiger partial charge < -0.3 is 10.3 Å². The van der Waals surface area contributed by atoms with Crippen LogP contribution in [0.4, 0.5) is 0 Å². The van der Waals surface area contributed by atoms with Crippen molar-refractivity contribution in [2.75, 3.05) is 5.75 Å². The summed E-state index contributed by atoms with van der Waals surface area (Å²) in [7, 11) is 0. The number of hydrogen-bond acceptors (Lipinski definition) is 5. The van der Waals surface area contributed by atoms with Gasteiger partial charge in [0.2, 0.25) is 5.89 Å². The molecule has 0 saturated carbocycles. The Bertz CT molecular complexity index is 326. The molecule has 1 aromatic rings. The van der Waals surface area contributed by atoms with E-state index in [0.717, 1.165) is 12.2 Å². The van der Waals surface area contributed by atoms with Gasteiger partial charge in [-0.15, -0.1) is 0 Å². The molecule has 4 nitrogen and oxygen atoms in total. The van der Waals surface area contributed by atoms with Crippen LogP contribution in [0.2, 0.25) is 0 Å². The molecule has 0 aromatic carbocycles. The van der Waals surface area contributed by atoms with Gasteiger partial charge >= 0.3 is 0 Å². The number of nitrogens with two attached hydrogens (primary N) is 1. The summed E-state index contributed by atoms with van der Waals surface area (Å²) in [6.07, 6.45) is 3.70. The van der Waals surface area contributed by atoms with Crippen LogP contribution in [0.3, 0.4) is 0 Å². The molecule has 1 aliphatic rings. The summed E-state index contributed by atoms with van der Waals surface area (Å²) in [5, 5.41) is 4.42. The van der Waals surface area contributed by atoms with Crippen molar-refractivity contribution in [2.24, 2.45) is 5.73 Å². The molecule has 1 atom stereocenters. The third-order valence-corrected chi connectivity index (χ3v) is 3.83. The first-order valence-corrected chi connectivity index (χ1v) is 6.37. The van der Waals surface area contributed by atoms with E-state index in [1.165, 1.54) is 18.6 Å². The van der Waals surface area contributed by atoms with Crippen LogP contribution in [0.5, 0.6) is 0 Å². The highest BCUT2D eigenvalue weighted by Crippen LogP contribution is 2.37. The third-order valence-electron chi connectivity index (χ3n) is 2.46. The fraction of sp³-hybridized carbons (Fsp3) is 0.800. The standard InChI is InChI=1S/C10H17N3OS/c1-10(2,11)9-12-8(13-14-9)7-5-3-4-6-15-7/h7H,3-6,11H2,1-2H3. The first-order valence-electron chi connectivity index (χ1n) is 5.32. The first-order chi connectivity index (χ1) is 7.07. The number of hydrogen-bond donors (Lipinski definition) is 1. The van der Waals surface area contributed by atoms with E-state index in [2.05, 4.69) is 10.1 Å². The normalized spacial score (nSPS) is 23.0. The largest absolute Gasteiger partial charge is 0.337 e. The van der Waals surface area contributed by atoms with E-state index in [9.17, 15) is 0 Å². The molecule has 2 rings (SSSR count). The summed E-state index contributed by atoms with van der Waals surface area (Å²) in [6.45, 7) is 3.75. The zero-order valence-electron chi connectivity index (χ0n) is 9.19. The minimum Gasteiger partial charge on any atom is -0.337 e. The van der Waals surface area contributed by atoms with Crippen molar-refractivity contribution in [3.05, 3.63) is 11.7 Å². The molecule has 84 valence electrons. The van der Waals surface area contributed by atoms with Crippen LogP contribution in [-0.4, -0.2) is 15.9 Å². The monoisotopic (exact) mass is 227 g/mol. The molecule has 2 heterocycles. The Hall–Kier alpha value is -0.550. The fourth-order valence-electron chi connectivity index (χ4n) is 1.57. The average Bonchev–Trinajstić information content (AvgIpc) is 2.67. The second-order valence-electron chi connectivity index (χ2n) is 4.53. The molecule has 1 aliphatic heterocycles. The van der Waals surface area contributed by atoms with E-state index in [1.54, 1.807) is 0 Å². The molecule has 1 aromatic heterocycles. The topological polar surface area (TPSA) is 64.9 Å². The summed E-state index contributed by atoms with van der Waals surface area (Å²) in [5.41, 5.74) is 5.36. The van der Waals surface area contributed by atoms with Crippen LogP contribution in [0.25, 0.3) is 0 Å². The van der Waals surface area contributed by atoms with Crippen molar-refractivity contribution in [3.8, 4) is 0 Å². The van der Waals surface area contributed by atoms with Gasteiger partial charge in [0.05, 0.1) is 10.8 Å². The van der Waals surface area contributed by atoms with Crippen molar-refractivity contribution in [3.63, 3.8) is 0 Å². The van der Waals surface area contributed by atoms with E-state index in [-0.39, 0.29) is 0 Å². The lowest BCUT2D eigenvalue weighted by Gasteiger charge is -2.17. The summed E-state index contributed by atoms with van der Waals surface area (Å²) < 4.78 is 5.18. The number of aromatic nitrogens is 2. The van der Waals surface area contributed by atoms with Crippen LogP contribution in [0.15, 0.2) is 4.52 Å². The van der Waals surface area contributed by atoms with Crippen LogP contribution in [0, 0.1) is 0 Å². The highest BCUT2D eigenvalue weighted by atomic mass is 32.2. The van der Waals surface area contributed by atoms with E-state index in [4.69, 9.17) is 10.3 Å². The molecule has 1 fully saturated rings. The van der Waals surface area contributed by atoms with Gasteiger partial charge in [0.1, 0.15) is 0 Å². The molecular formula is C10H17N3OS. The molecule has 15 heavy (non-hydrogen) atoms. The summed E-state index contributed by atoms with van der Waals surface area (Å²) in [6, 6.07) is 0. The molecule has 0 bridgehead atoms. The lowest BCUT2D eigenvalue weighted by molar-refractivity contribution is 0.309. The van der Waals surface area contributed by atoms with Crippen LogP contribution < -0.4 is 5.73 Å². The van der Waals surface area contributed by atoms with Crippen molar-refractivity contribution in [1.82, 2.24) is 10.1 Å². The minimum atomic E-state index is -0.537.